The number of piperidine rings is 1. The highest BCUT2D eigenvalue weighted by Crippen LogP contribution is 2.27. The number of amides is 1. The van der Waals surface area contributed by atoms with Crippen molar-refractivity contribution >= 4 is 5.91 Å². The van der Waals surface area contributed by atoms with Gasteiger partial charge in [0, 0.05) is 31.2 Å². The average molecular weight is 341 g/mol. The molecule has 1 amide bonds. The summed E-state index contributed by atoms with van der Waals surface area (Å²) < 4.78 is 0. The van der Waals surface area contributed by atoms with Crippen molar-refractivity contribution in [1.82, 2.24) is 10.2 Å². The van der Waals surface area contributed by atoms with E-state index in [9.17, 15) is 4.79 Å². The molecule has 136 valence electrons. The molecule has 1 saturated carbocycles. The summed E-state index contributed by atoms with van der Waals surface area (Å²) in [4.78, 5) is 15.3. The van der Waals surface area contributed by atoms with E-state index in [0.29, 0.717) is 6.04 Å². The number of carbonyl (C=O) groups excluding carboxylic acids is 1. The zero-order valence-electron chi connectivity index (χ0n) is 15.4. The van der Waals surface area contributed by atoms with Gasteiger partial charge in [0.1, 0.15) is 0 Å². The maximum atomic E-state index is 12.6. The summed E-state index contributed by atoms with van der Waals surface area (Å²) in [6, 6.07) is 6.69. The Morgan fingerprint density at radius 2 is 1.68 bits per heavy atom. The maximum Gasteiger partial charge on any atom is 0.251 e. The van der Waals surface area contributed by atoms with E-state index >= 15 is 0 Å². The van der Waals surface area contributed by atoms with E-state index in [1.54, 1.807) is 0 Å². The van der Waals surface area contributed by atoms with Crippen LogP contribution in [-0.2, 0) is 12.8 Å². The summed E-state index contributed by atoms with van der Waals surface area (Å²) in [7, 11) is 0. The van der Waals surface area contributed by atoms with E-state index in [2.05, 4.69) is 22.3 Å². The smallest absolute Gasteiger partial charge is 0.251 e. The highest BCUT2D eigenvalue weighted by Gasteiger charge is 2.24. The Labute approximate surface area is 152 Å². The van der Waals surface area contributed by atoms with Gasteiger partial charge < -0.3 is 10.2 Å². The zero-order valence-corrected chi connectivity index (χ0v) is 15.4. The second kappa shape index (κ2) is 7.90. The number of benzene rings is 1. The molecule has 3 nitrogen and oxygen atoms in total. The van der Waals surface area contributed by atoms with Crippen LogP contribution in [0.1, 0.15) is 72.9 Å². The summed E-state index contributed by atoms with van der Waals surface area (Å²) >= 11 is 0. The molecule has 1 aromatic rings. The van der Waals surface area contributed by atoms with Gasteiger partial charge in [-0.15, -0.1) is 0 Å². The van der Waals surface area contributed by atoms with Crippen LogP contribution in [0.25, 0.3) is 0 Å². The molecule has 1 aliphatic heterocycles. The Morgan fingerprint density at radius 3 is 2.44 bits per heavy atom. The molecule has 0 aromatic heterocycles. The van der Waals surface area contributed by atoms with Crippen LogP contribution in [0.15, 0.2) is 18.2 Å². The van der Waals surface area contributed by atoms with Gasteiger partial charge in [-0.2, -0.15) is 0 Å². The molecule has 25 heavy (non-hydrogen) atoms. The summed E-state index contributed by atoms with van der Waals surface area (Å²) in [5.41, 5.74) is 3.70. The summed E-state index contributed by atoms with van der Waals surface area (Å²) in [5.74, 6) is 1.06. The van der Waals surface area contributed by atoms with E-state index in [0.717, 1.165) is 43.8 Å². The monoisotopic (exact) mass is 340 g/mol. The minimum Gasteiger partial charge on any atom is -0.349 e. The first-order valence-corrected chi connectivity index (χ1v) is 10.4. The summed E-state index contributed by atoms with van der Waals surface area (Å²) in [5, 5.41) is 3.29. The Balaban J connectivity index is 1.27. The van der Waals surface area contributed by atoms with Crippen LogP contribution in [0.3, 0.4) is 0 Å². The fraction of sp³-hybridized carbons (Fsp3) is 0.682. The van der Waals surface area contributed by atoms with Gasteiger partial charge in [-0.25, -0.2) is 0 Å². The van der Waals surface area contributed by atoms with E-state index < -0.39 is 0 Å². The lowest BCUT2D eigenvalue weighted by molar-refractivity contribution is 0.0905. The van der Waals surface area contributed by atoms with Gasteiger partial charge in [-0.05, 0) is 80.5 Å². The van der Waals surface area contributed by atoms with Gasteiger partial charge in [-0.1, -0.05) is 18.9 Å². The van der Waals surface area contributed by atoms with Crippen LogP contribution in [0.4, 0.5) is 0 Å². The molecule has 4 rings (SSSR count). The molecule has 0 spiro atoms. The molecule has 0 radical (unpaired) electrons. The van der Waals surface area contributed by atoms with Crippen LogP contribution < -0.4 is 5.32 Å². The SMILES string of the molecule is O=C(NC1CCN(CC2CCCC2)CC1)c1ccc2c(c1)CCCC2. The lowest BCUT2D eigenvalue weighted by atomic mass is 9.90. The van der Waals surface area contributed by atoms with Crippen molar-refractivity contribution in [3.05, 3.63) is 34.9 Å². The van der Waals surface area contributed by atoms with Crippen LogP contribution in [0, 0.1) is 5.92 Å². The molecule has 1 aromatic carbocycles. The number of nitrogens with one attached hydrogen (secondary N) is 1. The average Bonchev–Trinajstić information content (AvgIpc) is 3.16. The molecule has 2 aliphatic carbocycles. The standard InChI is InChI=1S/C22H32N2O/c25-22(20-10-9-18-7-3-4-8-19(18)15-20)23-21-11-13-24(14-12-21)16-17-5-1-2-6-17/h9-10,15,17,21H,1-8,11-14,16H2,(H,23,25). The van der Waals surface area contributed by atoms with Crippen molar-refractivity contribution in [3.63, 3.8) is 0 Å². The molecular formula is C22H32N2O. The molecule has 1 saturated heterocycles. The van der Waals surface area contributed by atoms with Crippen molar-refractivity contribution in [1.29, 1.82) is 0 Å². The molecule has 1 N–H and O–H groups in total. The highest BCUT2D eigenvalue weighted by atomic mass is 16.1. The molecule has 2 fully saturated rings. The number of fused-ring (bicyclic) bond motifs is 1. The maximum absolute atomic E-state index is 12.6. The van der Waals surface area contributed by atoms with Gasteiger partial charge in [0.15, 0.2) is 0 Å². The molecule has 0 unspecified atom stereocenters. The zero-order chi connectivity index (χ0) is 17.1. The van der Waals surface area contributed by atoms with Crippen LogP contribution >= 0.6 is 0 Å². The summed E-state index contributed by atoms with van der Waals surface area (Å²) in [6.45, 7) is 3.57. The number of nitrogens with zero attached hydrogens (tertiary/aromatic N) is 1. The van der Waals surface area contributed by atoms with Crippen molar-refractivity contribution in [2.75, 3.05) is 19.6 Å². The predicted octanol–water partition coefficient (Wildman–Crippen LogP) is 3.95. The van der Waals surface area contributed by atoms with E-state index in [-0.39, 0.29) is 5.91 Å². The molecule has 3 aliphatic rings. The van der Waals surface area contributed by atoms with Crippen molar-refractivity contribution in [2.24, 2.45) is 5.92 Å². The van der Waals surface area contributed by atoms with Crippen LogP contribution in [0.2, 0.25) is 0 Å². The van der Waals surface area contributed by atoms with Crippen molar-refractivity contribution in [3.8, 4) is 0 Å². The Morgan fingerprint density at radius 1 is 0.960 bits per heavy atom. The highest BCUT2D eigenvalue weighted by molar-refractivity contribution is 5.94. The lowest BCUT2D eigenvalue weighted by Gasteiger charge is -2.33. The van der Waals surface area contributed by atoms with Gasteiger partial charge in [0.05, 0.1) is 0 Å². The van der Waals surface area contributed by atoms with Crippen molar-refractivity contribution < 1.29 is 4.79 Å². The fourth-order valence-electron chi connectivity index (χ4n) is 4.96. The van der Waals surface area contributed by atoms with Gasteiger partial charge in [0.25, 0.3) is 5.91 Å². The van der Waals surface area contributed by atoms with E-state index in [1.807, 2.05) is 6.07 Å². The van der Waals surface area contributed by atoms with Crippen LogP contribution in [0.5, 0.6) is 0 Å². The van der Waals surface area contributed by atoms with Gasteiger partial charge in [-0.3, -0.25) is 4.79 Å². The minimum absolute atomic E-state index is 0.127. The van der Waals surface area contributed by atoms with Crippen molar-refractivity contribution in [2.45, 2.75) is 70.3 Å². The fourth-order valence-corrected chi connectivity index (χ4v) is 4.96. The predicted molar refractivity (Wildman–Crippen MR) is 102 cm³/mol. The Hall–Kier alpha value is -1.35. The minimum atomic E-state index is 0.127. The molecule has 0 atom stereocenters. The number of likely N-dealkylation sites (tertiary alicyclic amines) is 1. The molecule has 0 bridgehead atoms. The second-order valence-electron chi connectivity index (χ2n) is 8.39. The molecule has 1 heterocycles. The first-order chi connectivity index (χ1) is 12.3. The quantitative estimate of drug-likeness (QED) is 0.900. The number of hydrogen-bond donors (Lipinski definition) is 1. The first-order valence-electron chi connectivity index (χ1n) is 10.4. The normalized spacial score (nSPS) is 22.7. The number of carbonyl (C=O) groups is 1. The van der Waals surface area contributed by atoms with Gasteiger partial charge >= 0.3 is 0 Å². The lowest BCUT2D eigenvalue weighted by Crippen LogP contribution is -2.45. The number of rotatable bonds is 4. The number of aryl methyl sites for hydroxylation is 2. The second-order valence-corrected chi connectivity index (χ2v) is 8.39. The third-order valence-corrected chi connectivity index (χ3v) is 6.52. The van der Waals surface area contributed by atoms with Gasteiger partial charge in [0.2, 0.25) is 0 Å². The molecular weight excluding hydrogens is 308 g/mol. The van der Waals surface area contributed by atoms with E-state index in [4.69, 9.17) is 0 Å². The number of hydrogen-bond acceptors (Lipinski definition) is 2. The summed E-state index contributed by atoms with van der Waals surface area (Å²) in [6.07, 6.45) is 12.8. The topological polar surface area (TPSA) is 32.3 Å². The molecule has 3 heteroatoms. The largest absolute Gasteiger partial charge is 0.349 e. The third-order valence-electron chi connectivity index (χ3n) is 6.52. The van der Waals surface area contributed by atoms with E-state index in [1.165, 1.54) is 62.6 Å². The Bertz CT molecular complexity index is 598. The third kappa shape index (κ3) is 4.25. The van der Waals surface area contributed by atoms with Crippen LogP contribution in [-0.4, -0.2) is 36.5 Å². The first kappa shape index (κ1) is 17.1. The Kier molecular flexibility index (Phi) is 5.40.